The van der Waals surface area contributed by atoms with E-state index in [2.05, 4.69) is 21.5 Å². The summed E-state index contributed by atoms with van der Waals surface area (Å²) in [6, 6.07) is 12.7. The smallest absolute Gasteiger partial charge is 0.267 e. The number of hydrogen-bond donors (Lipinski definition) is 2. The predicted molar refractivity (Wildman–Crippen MR) is 130 cm³/mol. The van der Waals surface area contributed by atoms with E-state index in [9.17, 15) is 14.0 Å². The van der Waals surface area contributed by atoms with Crippen molar-refractivity contribution >= 4 is 40.0 Å². The molecule has 0 radical (unpaired) electrons. The van der Waals surface area contributed by atoms with E-state index in [-0.39, 0.29) is 33.2 Å². The van der Waals surface area contributed by atoms with Crippen molar-refractivity contribution in [3.05, 3.63) is 87.1 Å². The highest BCUT2D eigenvalue weighted by atomic mass is 35.5. The molecule has 3 N–H and O–H groups in total. The lowest BCUT2D eigenvalue weighted by atomic mass is 10.1. The number of carbonyl (C=O) groups excluding carboxylic acids is 2. The summed E-state index contributed by atoms with van der Waals surface area (Å²) in [5.74, 6) is -2.14. The molecular weight excluding hydrogens is 471 g/mol. The Hall–Kier alpha value is -4.29. The van der Waals surface area contributed by atoms with Gasteiger partial charge >= 0.3 is 0 Å². The van der Waals surface area contributed by atoms with Gasteiger partial charge in [-0.05, 0) is 50.6 Å². The number of nitriles is 1. The Kier molecular flexibility index (Phi) is 6.24. The summed E-state index contributed by atoms with van der Waals surface area (Å²) in [6.07, 6.45) is 0. The molecule has 0 spiro atoms. The Bertz CT molecular complexity index is 1540. The van der Waals surface area contributed by atoms with Gasteiger partial charge in [-0.1, -0.05) is 23.7 Å². The molecule has 2 amide bonds. The first-order valence-electron chi connectivity index (χ1n) is 10.6. The molecule has 0 bridgehead atoms. The van der Waals surface area contributed by atoms with Gasteiger partial charge in [-0.2, -0.15) is 10.4 Å². The molecule has 0 aliphatic carbocycles. The van der Waals surface area contributed by atoms with Crippen LogP contribution in [0.15, 0.2) is 42.5 Å². The number of benzene rings is 2. The lowest BCUT2D eigenvalue weighted by molar-refractivity contribution is 0.0996. The average Bonchev–Trinajstić information content (AvgIpc) is 3.11. The number of rotatable bonds is 5. The quantitative estimate of drug-likeness (QED) is 0.420. The molecule has 2 aromatic carbocycles. The van der Waals surface area contributed by atoms with Crippen molar-refractivity contribution in [3.63, 3.8) is 0 Å². The number of anilines is 1. The average molecular weight is 491 g/mol. The van der Waals surface area contributed by atoms with Crippen LogP contribution in [0.25, 0.3) is 10.9 Å². The van der Waals surface area contributed by atoms with Gasteiger partial charge < -0.3 is 11.1 Å². The maximum atomic E-state index is 14.0. The largest absolute Gasteiger partial charge is 0.364 e. The van der Waals surface area contributed by atoms with E-state index < -0.39 is 17.6 Å². The summed E-state index contributed by atoms with van der Waals surface area (Å²) in [6.45, 7) is 5.54. The minimum Gasteiger partial charge on any atom is -0.364 e. The SMILES string of the molecule is Cc1nn(C(C)c2ccc(C#N)cc2)c(C)c1NC(=O)c1cc(C(N)=O)nc2cc(F)c(Cl)cc12. The Morgan fingerprint density at radius 1 is 1.20 bits per heavy atom. The van der Waals surface area contributed by atoms with Gasteiger partial charge in [0.05, 0.1) is 50.9 Å². The molecule has 0 aliphatic heterocycles. The summed E-state index contributed by atoms with van der Waals surface area (Å²) in [5.41, 5.74) is 8.60. The monoisotopic (exact) mass is 490 g/mol. The Balaban J connectivity index is 1.73. The van der Waals surface area contributed by atoms with Crippen LogP contribution in [0.2, 0.25) is 5.02 Å². The number of halogens is 2. The van der Waals surface area contributed by atoms with Gasteiger partial charge in [-0.25, -0.2) is 9.37 Å². The molecule has 2 heterocycles. The number of primary amides is 1. The van der Waals surface area contributed by atoms with Gasteiger partial charge in [-0.3, -0.25) is 14.3 Å². The van der Waals surface area contributed by atoms with Crippen LogP contribution < -0.4 is 11.1 Å². The van der Waals surface area contributed by atoms with Crippen LogP contribution in [0.5, 0.6) is 0 Å². The number of nitrogens with one attached hydrogen (secondary N) is 1. The number of nitrogens with two attached hydrogens (primary N) is 1. The van der Waals surface area contributed by atoms with Crippen molar-refractivity contribution in [2.75, 3.05) is 5.32 Å². The van der Waals surface area contributed by atoms with Crippen LogP contribution in [-0.4, -0.2) is 26.6 Å². The molecule has 35 heavy (non-hydrogen) atoms. The third-order valence-corrected chi connectivity index (χ3v) is 6.09. The lowest BCUT2D eigenvalue weighted by Gasteiger charge is -2.15. The van der Waals surface area contributed by atoms with E-state index >= 15 is 0 Å². The van der Waals surface area contributed by atoms with Crippen molar-refractivity contribution < 1.29 is 14.0 Å². The van der Waals surface area contributed by atoms with E-state index in [4.69, 9.17) is 22.6 Å². The summed E-state index contributed by atoms with van der Waals surface area (Å²) in [7, 11) is 0. The standard InChI is InChI=1S/C25H20ClFN6O2/c1-12-23(14(3)33(32-12)13(2)16-6-4-15(11-28)5-7-16)31-25(35)18-9-22(24(29)34)30-21-10-20(27)19(26)8-17(18)21/h4-10,13H,1-3H3,(H2,29,34)(H,31,35). The second-order valence-corrected chi connectivity index (χ2v) is 8.46. The van der Waals surface area contributed by atoms with Crippen molar-refractivity contribution in [1.82, 2.24) is 14.8 Å². The second-order valence-electron chi connectivity index (χ2n) is 8.06. The number of pyridine rings is 1. The van der Waals surface area contributed by atoms with Crippen LogP contribution in [0.4, 0.5) is 10.1 Å². The molecule has 10 heteroatoms. The fraction of sp³-hybridized carbons (Fsp3) is 0.160. The molecule has 0 aliphatic rings. The zero-order chi connectivity index (χ0) is 25.4. The third-order valence-electron chi connectivity index (χ3n) is 5.80. The highest BCUT2D eigenvalue weighted by Crippen LogP contribution is 2.29. The van der Waals surface area contributed by atoms with Crippen LogP contribution in [0, 0.1) is 31.0 Å². The summed E-state index contributed by atoms with van der Waals surface area (Å²) < 4.78 is 15.8. The van der Waals surface area contributed by atoms with Gasteiger partial charge in [0.2, 0.25) is 0 Å². The Morgan fingerprint density at radius 2 is 1.89 bits per heavy atom. The van der Waals surface area contributed by atoms with Crippen LogP contribution in [0.3, 0.4) is 0 Å². The minimum atomic E-state index is -0.854. The van der Waals surface area contributed by atoms with Crippen molar-refractivity contribution in [1.29, 1.82) is 5.26 Å². The fourth-order valence-corrected chi connectivity index (χ4v) is 4.08. The zero-order valence-electron chi connectivity index (χ0n) is 19.1. The van der Waals surface area contributed by atoms with Gasteiger partial charge in [0.25, 0.3) is 11.8 Å². The van der Waals surface area contributed by atoms with Gasteiger partial charge in [-0.15, -0.1) is 0 Å². The number of hydrogen-bond acceptors (Lipinski definition) is 5. The highest BCUT2D eigenvalue weighted by molar-refractivity contribution is 6.31. The molecule has 0 saturated heterocycles. The van der Waals surface area contributed by atoms with Crippen LogP contribution in [-0.2, 0) is 0 Å². The normalized spacial score (nSPS) is 11.8. The van der Waals surface area contributed by atoms with Crippen molar-refractivity contribution in [2.24, 2.45) is 5.73 Å². The van der Waals surface area contributed by atoms with Gasteiger partial charge in [0.1, 0.15) is 11.5 Å². The van der Waals surface area contributed by atoms with Crippen molar-refractivity contribution in [2.45, 2.75) is 26.8 Å². The molecule has 0 fully saturated rings. The van der Waals surface area contributed by atoms with Gasteiger partial charge in [0.15, 0.2) is 0 Å². The molecule has 176 valence electrons. The number of aromatic nitrogens is 3. The van der Waals surface area contributed by atoms with Crippen LogP contribution >= 0.6 is 11.6 Å². The van der Waals surface area contributed by atoms with Crippen LogP contribution in [0.1, 0.15) is 56.3 Å². The third kappa shape index (κ3) is 4.44. The van der Waals surface area contributed by atoms with E-state index in [1.54, 1.807) is 23.7 Å². The fourth-order valence-electron chi connectivity index (χ4n) is 3.91. The Morgan fingerprint density at radius 3 is 2.51 bits per heavy atom. The first kappa shape index (κ1) is 23.9. The second kappa shape index (κ2) is 9.16. The number of fused-ring (bicyclic) bond motifs is 1. The Labute approximate surface area is 205 Å². The van der Waals surface area contributed by atoms with E-state index in [0.717, 1.165) is 11.6 Å². The van der Waals surface area contributed by atoms with E-state index in [0.29, 0.717) is 22.6 Å². The highest BCUT2D eigenvalue weighted by Gasteiger charge is 2.22. The first-order valence-corrected chi connectivity index (χ1v) is 10.9. The minimum absolute atomic E-state index is 0.0670. The maximum Gasteiger partial charge on any atom is 0.267 e. The number of nitrogens with zero attached hydrogens (tertiary/aromatic N) is 4. The molecule has 4 aromatic rings. The summed E-state index contributed by atoms with van der Waals surface area (Å²) >= 11 is 5.94. The van der Waals surface area contributed by atoms with Gasteiger partial charge in [0, 0.05) is 11.5 Å². The van der Waals surface area contributed by atoms with Crippen molar-refractivity contribution in [3.8, 4) is 6.07 Å². The molecule has 4 rings (SSSR count). The molecule has 1 unspecified atom stereocenters. The number of aryl methyl sites for hydroxylation is 1. The van der Waals surface area contributed by atoms with E-state index in [1.807, 2.05) is 26.0 Å². The molecular formula is C25H20ClFN6O2. The summed E-state index contributed by atoms with van der Waals surface area (Å²) in [4.78, 5) is 29.1. The van der Waals surface area contributed by atoms with E-state index in [1.165, 1.54) is 12.1 Å². The molecule has 8 nitrogen and oxygen atoms in total. The number of carbonyl (C=O) groups is 2. The predicted octanol–water partition coefficient (Wildman–Crippen LogP) is 4.67. The first-order chi connectivity index (χ1) is 16.6. The summed E-state index contributed by atoms with van der Waals surface area (Å²) in [5, 5.41) is 16.6. The molecule has 2 aromatic heterocycles. The maximum absolute atomic E-state index is 14.0. The topological polar surface area (TPSA) is 127 Å². The number of amides is 2. The molecule has 1 atom stereocenters. The zero-order valence-corrected chi connectivity index (χ0v) is 19.8. The molecule has 0 saturated carbocycles. The lowest BCUT2D eigenvalue weighted by Crippen LogP contribution is -2.18.